The van der Waals surface area contributed by atoms with Crippen molar-refractivity contribution in [2.75, 3.05) is 11.5 Å². The molecule has 1 aromatic heterocycles. The summed E-state index contributed by atoms with van der Waals surface area (Å²) in [5, 5.41) is 11.7. The molecular formula is C31H30N2O6S. The van der Waals surface area contributed by atoms with E-state index in [1.807, 2.05) is 31.2 Å². The summed E-state index contributed by atoms with van der Waals surface area (Å²) in [5.41, 5.74) is 3.39. The first kappa shape index (κ1) is 27.3. The summed E-state index contributed by atoms with van der Waals surface area (Å²) in [7, 11) is 0. The van der Waals surface area contributed by atoms with Crippen molar-refractivity contribution < 1.29 is 29.0 Å². The van der Waals surface area contributed by atoms with Gasteiger partial charge in [-0.25, -0.2) is 9.78 Å². The maximum absolute atomic E-state index is 13.6. The van der Waals surface area contributed by atoms with Crippen molar-refractivity contribution in [1.29, 1.82) is 0 Å². The van der Waals surface area contributed by atoms with Gasteiger partial charge >= 0.3 is 11.9 Å². The maximum Gasteiger partial charge on any atom is 0.350 e. The monoisotopic (exact) mass is 558 g/mol. The van der Waals surface area contributed by atoms with Crippen molar-refractivity contribution in [3.05, 3.63) is 93.5 Å². The number of rotatable bonds is 7. The Morgan fingerprint density at radius 3 is 2.65 bits per heavy atom. The minimum Gasteiger partial charge on any atom is -0.507 e. The highest BCUT2D eigenvalue weighted by atomic mass is 32.1. The number of anilines is 1. The summed E-state index contributed by atoms with van der Waals surface area (Å²) < 4.78 is 11.0. The molecule has 9 heteroatoms. The van der Waals surface area contributed by atoms with E-state index in [1.165, 1.54) is 11.0 Å². The van der Waals surface area contributed by atoms with Crippen molar-refractivity contribution in [2.45, 2.75) is 52.2 Å². The number of esters is 1. The summed E-state index contributed by atoms with van der Waals surface area (Å²) in [4.78, 5) is 45.7. The zero-order valence-corrected chi connectivity index (χ0v) is 23.6. The molecule has 0 radical (unpaired) electrons. The maximum atomic E-state index is 13.6. The van der Waals surface area contributed by atoms with Gasteiger partial charge in [-0.3, -0.25) is 14.5 Å². The highest BCUT2D eigenvalue weighted by Crippen LogP contribution is 2.44. The Morgan fingerprint density at radius 1 is 1.25 bits per heavy atom. The number of hydrogen-bond donors (Lipinski definition) is 1. The summed E-state index contributed by atoms with van der Waals surface area (Å²) in [5.74, 6) is -1.52. The van der Waals surface area contributed by atoms with Gasteiger partial charge in [-0.1, -0.05) is 62.1 Å². The standard InChI is InChI=1S/C31H30N2O6S/c1-6-13-38-30(37)28-18(5)32-31(40-28)33-25(20-9-7-19(8-10-20)16(2)3)24(27(35)29(33)36)26(34)21-11-12-23-22(15-21)14-17(4)39-23/h6-12,15-17,25,34H,1,13-14H2,2-5H3/b26-24+/t17-,25+/m1/s1. The van der Waals surface area contributed by atoms with Crippen molar-refractivity contribution >= 4 is 39.9 Å². The number of thiazole rings is 1. The van der Waals surface area contributed by atoms with E-state index in [-0.39, 0.29) is 40.0 Å². The summed E-state index contributed by atoms with van der Waals surface area (Å²) >= 11 is 0.966. The summed E-state index contributed by atoms with van der Waals surface area (Å²) in [6.45, 7) is 11.3. The highest BCUT2D eigenvalue weighted by molar-refractivity contribution is 7.17. The van der Waals surface area contributed by atoms with E-state index in [1.54, 1.807) is 25.1 Å². The van der Waals surface area contributed by atoms with Crippen LogP contribution in [-0.4, -0.2) is 40.5 Å². The Labute approximate surface area is 236 Å². The molecule has 3 heterocycles. The van der Waals surface area contributed by atoms with Crippen LogP contribution in [0.1, 0.15) is 70.4 Å². The van der Waals surface area contributed by atoms with Crippen molar-refractivity contribution in [3.63, 3.8) is 0 Å². The third-order valence-corrected chi connectivity index (χ3v) is 8.18. The number of ketones is 1. The van der Waals surface area contributed by atoms with Gasteiger partial charge in [-0.2, -0.15) is 0 Å². The minimum absolute atomic E-state index is 0.0120. The number of ether oxygens (including phenoxy) is 2. The van der Waals surface area contributed by atoms with Gasteiger partial charge in [0.15, 0.2) is 5.13 Å². The first-order valence-corrected chi connectivity index (χ1v) is 13.9. The molecule has 1 saturated heterocycles. The number of aliphatic hydroxyl groups is 1. The van der Waals surface area contributed by atoms with Crippen LogP contribution in [0.2, 0.25) is 0 Å². The molecule has 1 amide bonds. The zero-order chi connectivity index (χ0) is 28.7. The number of amides is 1. The Balaban J connectivity index is 1.65. The average molecular weight is 559 g/mol. The zero-order valence-electron chi connectivity index (χ0n) is 22.8. The second-order valence-corrected chi connectivity index (χ2v) is 11.2. The number of aryl methyl sites for hydroxylation is 1. The minimum atomic E-state index is -0.952. The number of hydrogen-bond acceptors (Lipinski definition) is 8. The number of Topliss-reactive ketones (excluding diaryl/α,β-unsaturated/α-hetero) is 1. The molecule has 0 bridgehead atoms. The topological polar surface area (TPSA) is 106 Å². The predicted octanol–water partition coefficient (Wildman–Crippen LogP) is 5.87. The van der Waals surface area contributed by atoms with E-state index in [4.69, 9.17) is 9.47 Å². The molecule has 1 fully saturated rings. The van der Waals surface area contributed by atoms with Gasteiger partial charge in [0, 0.05) is 12.0 Å². The van der Waals surface area contributed by atoms with Gasteiger partial charge in [0.05, 0.1) is 17.3 Å². The van der Waals surface area contributed by atoms with Crippen LogP contribution in [0.25, 0.3) is 5.76 Å². The summed E-state index contributed by atoms with van der Waals surface area (Å²) in [6.07, 6.45) is 2.15. The van der Waals surface area contributed by atoms with Crippen LogP contribution >= 0.6 is 11.3 Å². The highest BCUT2D eigenvalue weighted by Gasteiger charge is 2.48. The Bertz CT molecular complexity index is 1550. The van der Waals surface area contributed by atoms with E-state index in [0.29, 0.717) is 23.2 Å². The molecule has 206 valence electrons. The number of benzene rings is 2. The van der Waals surface area contributed by atoms with Crippen LogP contribution in [0.4, 0.5) is 5.13 Å². The average Bonchev–Trinajstić information content (AvgIpc) is 3.58. The molecule has 3 aromatic rings. The molecule has 2 aromatic carbocycles. The summed E-state index contributed by atoms with van der Waals surface area (Å²) in [6, 6.07) is 11.9. The fraction of sp³-hybridized carbons (Fsp3) is 0.290. The molecule has 0 saturated carbocycles. The van der Waals surface area contributed by atoms with Gasteiger partial charge in [-0.15, -0.1) is 0 Å². The van der Waals surface area contributed by atoms with E-state index in [9.17, 15) is 19.5 Å². The van der Waals surface area contributed by atoms with Crippen LogP contribution in [0.3, 0.4) is 0 Å². The Hall–Kier alpha value is -4.24. The van der Waals surface area contributed by atoms with Crippen LogP contribution in [-0.2, 0) is 20.7 Å². The lowest BCUT2D eigenvalue weighted by Crippen LogP contribution is -2.29. The molecule has 0 aliphatic carbocycles. The SMILES string of the molecule is C=CCOC(=O)c1sc(N2C(=O)C(=O)/C(=C(/O)c3ccc4c(c3)C[C@@H](C)O4)[C@@H]2c2ccc(C(C)C)cc2)nc1C. The fourth-order valence-corrected chi connectivity index (χ4v) is 6.00. The predicted molar refractivity (Wildman–Crippen MR) is 153 cm³/mol. The lowest BCUT2D eigenvalue weighted by Gasteiger charge is -2.23. The molecule has 40 heavy (non-hydrogen) atoms. The first-order valence-electron chi connectivity index (χ1n) is 13.1. The number of aliphatic hydroxyl groups excluding tert-OH is 1. The number of carbonyl (C=O) groups is 3. The van der Waals surface area contributed by atoms with Gasteiger partial charge in [0.2, 0.25) is 0 Å². The number of fused-ring (bicyclic) bond motifs is 1. The molecule has 2 aliphatic rings. The molecular weight excluding hydrogens is 528 g/mol. The Kier molecular flexibility index (Phi) is 7.33. The largest absolute Gasteiger partial charge is 0.507 e. The Morgan fingerprint density at radius 2 is 1.98 bits per heavy atom. The van der Waals surface area contributed by atoms with E-state index >= 15 is 0 Å². The molecule has 0 unspecified atom stereocenters. The second-order valence-electron chi connectivity index (χ2n) is 10.2. The lowest BCUT2D eigenvalue weighted by molar-refractivity contribution is -0.132. The van der Waals surface area contributed by atoms with Crippen molar-refractivity contribution in [1.82, 2.24) is 4.98 Å². The van der Waals surface area contributed by atoms with E-state index in [2.05, 4.69) is 25.4 Å². The third-order valence-electron chi connectivity index (χ3n) is 7.04. The van der Waals surface area contributed by atoms with Crippen molar-refractivity contribution in [3.8, 4) is 5.75 Å². The van der Waals surface area contributed by atoms with E-state index in [0.717, 1.165) is 28.2 Å². The van der Waals surface area contributed by atoms with E-state index < -0.39 is 23.7 Å². The smallest absolute Gasteiger partial charge is 0.350 e. The number of nitrogens with zero attached hydrogens (tertiary/aromatic N) is 2. The van der Waals surface area contributed by atoms with Crippen LogP contribution in [0, 0.1) is 6.92 Å². The first-order chi connectivity index (χ1) is 19.1. The molecule has 8 nitrogen and oxygen atoms in total. The molecule has 1 N–H and O–H groups in total. The number of aromatic nitrogens is 1. The van der Waals surface area contributed by atoms with Crippen LogP contribution in [0.15, 0.2) is 60.7 Å². The normalized spacial score (nSPS) is 19.6. The fourth-order valence-electron chi connectivity index (χ4n) is 5.01. The van der Waals surface area contributed by atoms with Gasteiger partial charge in [0.25, 0.3) is 5.78 Å². The molecule has 5 rings (SSSR count). The van der Waals surface area contributed by atoms with Crippen LogP contribution < -0.4 is 9.64 Å². The molecule has 2 aliphatic heterocycles. The van der Waals surface area contributed by atoms with Crippen molar-refractivity contribution in [2.24, 2.45) is 0 Å². The third kappa shape index (κ3) is 4.81. The van der Waals surface area contributed by atoms with Gasteiger partial charge in [0.1, 0.15) is 29.1 Å². The van der Waals surface area contributed by atoms with Crippen LogP contribution in [0.5, 0.6) is 5.75 Å². The second kappa shape index (κ2) is 10.7. The quantitative estimate of drug-likeness (QED) is 0.127. The molecule has 2 atom stereocenters. The lowest BCUT2D eigenvalue weighted by atomic mass is 9.93. The van der Waals surface area contributed by atoms with Gasteiger partial charge in [-0.05, 0) is 54.7 Å². The molecule has 0 spiro atoms. The van der Waals surface area contributed by atoms with Gasteiger partial charge < -0.3 is 14.6 Å². The number of carbonyl (C=O) groups excluding carboxylic acids is 3.